The van der Waals surface area contributed by atoms with Crippen LogP contribution in [0.5, 0.6) is 0 Å². The highest BCUT2D eigenvalue weighted by atomic mass is 32.2. The summed E-state index contributed by atoms with van der Waals surface area (Å²) in [5.41, 5.74) is 5.88. The highest BCUT2D eigenvalue weighted by Crippen LogP contribution is 2.28. The van der Waals surface area contributed by atoms with Crippen LogP contribution in [0.4, 0.5) is 5.69 Å². The Labute approximate surface area is 113 Å². The highest BCUT2D eigenvalue weighted by molar-refractivity contribution is 7.89. The normalized spacial score (nSPS) is 15.9. The molecule has 1 heterocycles. The van der Waals surface area contributed by atoms with Gasteiger partial charge in [0.25, 0.3) is 0 Å². The molecule has 0 aliphatic heterocycles. The second-order valence-electron chi connectivity index (χ2n) is 4.76. The van der Waals surface area contributed by atoms with E-state index < -0.39 is 10.0 Å². The molecule has 1 aromatic heterocycles. The average molecular weight is 285 g/mol. The fourth-order valence-corrected chi connectivity index (χ4v) is 2.83. The number of nitrogens with two attached hydrogens (primary N) is 1. The van der Waals surface area contributed by atoms with Crippen molar-refractivity contribution in [1.29, 1.82) is 0 Å². The molecule has 0 atom stereocenters. The van der Waals surface area contributed by atoms with Crippen LogP contribution in [0.25, 0.3) is 0 Å². The molecule has 0 unspecified atom stereocenters. The molecule has 0 bridgehead atoms. The largest absolute Gasteiger partial charge is 0.398 e. The predicted molar refractivity (Wildman–Crippen MR) is 72.0 cm³/mol. The molecule has 19 heavy (non-hydrogen) atoms. The summed E-state index contributed by atoms with van der Waals surface area (Å²) in [5, 5.41) is 0. The number of hydrogen-bond donors (Lipinski definition) is 1. The Bertz CT molecular complexity index is 529. The molecule has 7 heteroatoms. The fraction of sp³-hybridized carbons (Fsp3) is 0.583. The zero-order valence-electron chi connectivity index (χ0n) is 10.9. The summed E-state index contributed by atoms with van der Waals surface area (Å²) in [4.78, 5) is 3.85. The first kappa shape index (κ1) is 14.2. The molecule has 0 radical (unpaired) electrons. The van der Waals surface area contributed by atoms with Crippen LogP contribution in [-0.2, 0) is 14.8 Å². The molecule has 2 N–H and O–H groups in total. The maximum atomic E-state index is 12.2. The zero-order valence-corrected chi connectivity index (χ0v) is 11.8. The molecule has 0 saturated heterocycles. The molecule has 0 amide bonds. The molecule has 1 aliphatic carbocycles. The Morgan fingerprint density at radius 3 is 2.89 bits per heavy atom. The van der Waals surface area contributed by atoms with E-state index in [9.17, 15) is 8.42 Å². The lowest BCUT2D eigenvalue weighted by atomic mass is 10.4. The number of likely N-dealkylation sites (N-methyl/N-ethyl adjacent to an activating group) is 1. The number of rotatable bonds is 7. The summed E-state index contributed by atoms with van der Waals surface area (Å²) in [6, 6.07) is 1.48. The van der Waals surface area contributed by atoms with Crippen molar-refractivity contribution in [2.24, 2.45) is 5.92 Å². The first-order valence-electron chi connectivity index (χ1n) is 6.25. The van der Waals surface area contributed by atoms with Gasteiger partial charge in [0.1, 0.15) is 4.90 Å². The van der Waals surface area contributed by atoms with Gasteiger partial charge in [-0.1, -0.05) is 0 Å². The SMILES string of the molecule is CN(CCOCC1CC1)S(=O)(=O)c1cnccc1N. The topological polar surface area (TPSA) is 85.5 Å². The lowest BCUT2D eigenvalue weighted by Gasteiger charge is -2.17. The molecule has 2 rings (SSSR count). The zero-order chi connectivity index (χ0) is 13.9. The Morgan fingerprint density at radius 2 is 2.26 bits per heavy atom. The van der Waals surface area contributed by atoms with Crippen LogP contribution >= 0.6 is 0 Å². The second kappa shape index (κ2) is 5.85. The van der Waals surface area contributed by atoms with E-state index in [0.29, 0.717) is 19.1 Å². The van der Waals surface area contributed by atoms with Gasteiger partial charge in [0, 0.05) is 32.6 Å². The molecular formula is C12H19N3O3S. The van der Waals surface area contributed by atoms with Gasteiger partial charge in [-0.3, -0.25) is 4.98 Å². The van der Waals surface area contributed by atoms with Crippen molar-refractivity contribution in [3.63, 3.8) is 0 Å². The Morgan fingerprint density at radius 1 is 1.53 bits per heavy atom. The van der Waals surface area contributed by atoms with Crippen molar-refractivity contribution in [3.8, 4) is 0 Å². The maximum Gasteiger partial charge on any atom is 0.246 e. The van der Waals surface area contributed by atoms with Crippen LogP contribution < -0.4 is 5.73 Å². The lowest BCUT2D eigenvalue weighted by molar-refractivity contribution is 0.117. The highest BCUT2D eigenvalue weighted by Gasteiger charge is 2.24. The van der Waals surface area contributed by atoms with E-state index >= 15 is 0 Å². The standard InChI is InChI=1S/C12H19N3O3S/c1-15(6-7-18-9-10-2-3-10)19(16,17)12-8-14-5-4-11(12)13/h4-5,8,10H,2-3,6-7,9H2,1H3,(H2,13,14). The van der Waals surface area contributed by atoms with E-state index in [4.69, 9.17) is 10.5 Å². The molecule has 6 nitrogen and oxygen atoms in total. The second-order valence-corrected chi connectivity index (χ2v) is 6.77. The van der Waals surface area contributed by atoms with Crippen LogP contribution in [0.15, 0.2) is 23.4 Å². The number of aromatic nitrogens is 1. The monoisotopic (exact) mass is 285 g/mol. The van der Waals surface area contributed by atoms with Crippen molar-refractivity contribution in [2.45, 2.75) is 17.7 Å². The van der Waals surface area contributed by atoms with Gasteiger partial charge < -0.3 is 10.5 Å². The molecule has 1 aliphatic rings. The number of nitrogens with zero attached hydrogens (tertiary/aromatic N) is 2. The van der Waals surface area contributed by atoms with Crippen molar-refractivity contribution in [3.05, 3.63) is 18.5 Å². The van der Waals surface area contributed by atoms with Crippen molar-refractivity contribution < 1.29 is 13.2 Å². The van der Waals surface area contributed by atoms with Gasteiger partial charge in [0.2, 0.25) is 10.0 Å². The van der Waals surface area contributed by atoms with E-state index in [1.54, 1.807) is 0 Å². The van der Waals surface area contributed by atoms with Gasteiger partial charge in [0.05, 0.1) is 12.3 Å². The number of hydrogen-bond acceptors (Lipinski definition) is 5. The van der Waals surface area contributed by atoms with Crippen molar-refractivity contribution in [2.75, 3.05) is 32.5 Å². The van der Waals surface area contributed by atoms with Crippen LogP contribution in [0.1, 0.15) is 12.8 Å². The minimum absolute atomic E-state index is 0.0414. The van der Waals surface area contributed by atoms with Gasteiger partial charge >= 0.3 is 0 Å². The molecule has 1 saturated carbocycles. The Hall–Kier alpha value is -1.18. The van der Waals surface area contributed by atoms with Crippen LogP contribution in [0.3, 0.4) is 0 Å². The Balaban J connectivity index is 1.92. The predicted octanol–water partition coefficient (Wildman–Crippen LogP) is 0.711. The summed E-state index contributed by atoms with van der Waals surface area (Å²) < 4.78 is 31.2. The summed E-state index contributed by atoms with van der Waals surface area (Å²) in [7, 11) is -2.07. The van der Waals surface area contributed by atoms with Crippen molar-refractivity contribution >= 4 is 15.7 Å². The number of sulfonamides is 1. The van der Waals surface area contributed by atoms with Gasteiger partial charge in [-0.15, -0.1) is 0 Å². The van der Waals surface area contributed by atoms with E-state index in [1.807, 2.05) is 0 Å². The molecule has 1 fully saturated rings. The van der Waals surface area contributed by atoms with E-state index in [0.717, 1.165) is 6.61 Å². The Kier molecular flexibility index (Phi) is 4.38. The molecule has 0 spiro atoms. The third-order valence-corrected chi connectivity index (χ3v) is 5.01. The first-order chi connectivity index (χ1) is 9.01. The van der Waals surface area contributed by atoms with E-state index in [-0.39, 0.29) is 10.6 Å². The summed E-state index contributed by atoms with van der Waals surface area (Å²) in [5.74, 6) is 0.677. The average Bonchev–Trinajstić information content (AvgIpc) is 3.18. The number of anilines is 1. The quantitative estimate of drug-likeness (QED) is 0.746. The van der Waals surface area contributed by atoms with Gasteiger partial charge in [-0.2, -0.15) is 4.31 Å². The molecule has 0 aromatic carbocycles. The third kappa shape index (κ3) is 3.65. The van der Waals surface area contributed by atoms with Crippen LogP contribution in [-0.4, -0.2) is 44.5 Å². The van der Waals surface area contributed by atoms with Crippen molar-refractivity contribution in [1.82, 2.24) is 9.29 Å². The van der Waals surface area contributed by atoms with Gasteiger partial charge in [-0.25, -0.2) is 8.42 Å². The van der Waals surface area contributed by atoms with Crippen LogP contribution in [0.2, 0.25) is 0 Å². The lowest BCUT2D eigenvalue weighted by Crippen LogP contribution is -2.31. The third-order valence-electron chi connectivity index (χ3n) is 3.11. The summed E-state index contributed by atoms with van der Waals surface area (Å²) >= 11 is 0. The van der Waals surface area contributed by atoms with Gasteiger partial charge in [-0.05, 0) is 24.8 Å². The minimum Gasteiger partial charge on any atom is -0.398 e. The minimum atomic E-state index is -3.59. The smallest absolute Gasteiger partial charge is 0.246 e. The summed E-state index contributed by atoms with van der Waals surface area (Å²) in [6.07, 6.45) is 5.18. The number of ether oxygens (including phenoxy) is 1. The number of nitrogen functional groups attached to an aromatic ring is 1. The van der Waals surface area contributed by atoms with Gasteiger partial charge in [0.15, 0.2) is 0 Å². The maximum absolute atomic E-state index is 12.2. The molecule has 106 valence electrons. The molecule has 1 aromatic rings. The van der Waals surface area contributed by atoms with E-state index in [1.165, 1.54) is 42.7 Å². The fourth-order valence-electron chi connectivity index (χ4n) is 1.62. The van der Waals surface area contributed by atoms with E-state index in [2.05, 4.69) is 4.98 Å². The number of pyridine rings is 1. The molecular weight excluding hydrogens is 266 g/mol. The first-order valence-corrected chi connectivity index (χ1v) is 7.69. The summed E-state index contributed by atoms with van der Waals surface area (Å²) in [6.45, 7) is 1.43. The van der Waals surface area contributed by atoms with Crippen LogP contribution in [0, 0.1) is 5.92 Å².